The summed E-state index contributed by atoms with van der Waals surface area (Å²) in [6.07, 6.45) is 7.58. The van der Waals surface area contributed by atoms with Gasteiger partial charge in [-0.2, -0.15) is 0 Å². The minimum Gasteiger partial charge on any atom is -0.314 e. The Labute approximate surface area is 107 Å². The van der Waals surface area contributed by atoms with Gasteiger partial charge in [-0.3, -0.25) is 0 Å². The highest BCUT2D eigenvalue weighted by molar-refractivity contribution is 4.93. The van der Waals surface area contributed by atoms with Gasteiger partial charge in [-0.15, -0.1) is 0 Å². The van der Waals surface area contributed by atoms with Gasteiger partial charge in [-0.1, -0.05) is 11.6 Å². The van der Waals surface area contributed by atoms with Gasteiger partial charge in [0, 0.05) is 12.6 Å². The maximum atomic E-state index is 3.69. The number of nitrogens with zero attached hydrogens (tertiary/aromatic N) is 1. The molecule has 1 N–H and O–H groups in total. The van der Waals surface area contributed by atoms with Crippen LogP contribution in [-0.4, -0.2) is 37.6 Å². The summed E-state index contributed by atoms with van der Waals surface area (Å²) in [6.45, 7) is 10.4. The Morgan fingerprint density at radius 2 is 2.24 bits per heavy atom. The SMILES string of the molecule is CC(C)=CCC[C@H](C)NC[C@H]1CCCN(C)C1. The Morgan fingerprint density at radius 1 is 1.47 bits per heavy atom. The lowest BCUT2D eigenvalue weighted by Gasteiger charge is -2.30. The van der Waals surface area contributed by atoms with Crippen molar-refractivity contribution in [1.29, 1.82) is 0 Å². The molecule has 1 aliphatic rings. The van der Waals surface area contributed by atoms with E-state index >= 15 is 0 Å². The molecule has 1 heterocycles. The molecule has 0 bridgehead atoms. The molecule has 2 nitrogen and oxygen atoms in total. The molecular weight excluding hydrogens is 208 g/mol. The first-order chi connectivity index (χ1) is 8.08. The van der Waals surface area contributed by atoms with Crippen molar-refractivity contribution < 1.29 is 0 Å². The summed E-state index contributed by atoms with van der Waals surface area (Å²) in [5, 5.41) is 3.69. The molecule has 17 heavy (non-hydrogen) atoms. The molecule has 1 rings (SSSR count). The van der Waals surface area contributed by atoms with Crippen LogP contribution in [0.2, 0.25) is 0 Å². The quantitative estimate of drug-likeness (QED) is 0.716. The largest absolute Gasteiger partial charge is 0.314 e. The van der Waals surface area contributed by atoms with Crippen molar-refractivity contribution in [2.75, 3.05) is 26.7 Å². The van der Waals surface area contributed by atoms with E-state index in [0.717, 1.165) is 5.92 Å². The van der Waals surface area contributed by atoms with Crippen LogP contribution in [0.25, 0.3) is 0 Å². The predicted octanol–water partition coefficient (Wildman–Crippen LogP) is 3.05. The summed E-state index contributed by atoms with van der Waals surface area (Å²) in [7, 11) is 2.24. The van der Waals surface area contributed by atoms with Crippen molar-refractivity contribution in [3.8, 4) is 0 Å². The van der Waals surface area contributed by atoms with Crippen LogP contribution in [0.1, 0.15) is 46.5 Å². The summed E-state index contributed by atoms with van der Waals surface area (Å²) in [4.78, 5) is 2.46. The number of hydrogen-bond acceptors (Lipinski definition) is 2. The van der Waals surface area contributed by atoms with Gasteiger partial charge in [-0.25, -0.2) is 0 Å². The third-order valence-corrected chi connectivity index (χ3v) is 3.63. The molecular formula is C15H30N2. The Morgan fingerprint density at radius 3 is 2.88 bits per heavy atom. The van der Waals surface area contributed by atoms with E-state index in [2.05, 4.69) is 44.1 Å². The van der Waals surface area contributed by atoms with Gasteiger partial charge in [0.05, 0.1) is 0 Å². The van der Waals surface area contributed by atoms with E-state index in [0.29, 0.717) is 6.04 Å². The summed E-state index contributed by atoms with van der Waals surface area (Å²) in [6, 6.07) is 0.651. The van der Waals surface area contributed by atoms with Crippen molar-refractivity contribution in [2.24, 2.45) is 5.92 Å². The maximum absolute atomic E-state index is 3.69. The van der Waals surface area contributed by atoms with Gasteiger partial charge in [0.1, 0.15) is 0 Å². The number of rotatable bonds is 6. The predicted molar refractivity (Wildman–Crippen MR) is 76.4 cm³/mol. The normalized spacial score (nSPS) is 23.4. The zero-order valence-corrected chi connectivity index (χ0v) is 12.1. The van der Waals surface area contributed by atoms with Crippen molar-refractivity contribution in [1.82, 2.24) is 10.2 Å². The van der Waals surface area contributed by atoms with Crippen LogP contribution in [0.5, 0.6) is 0 Å². The minimum atomic E-state index is 0.651. The minimum absolute atomic E-state index is 0.651. The fourth-order valence-corrected chi connectivity index (χ4v) is 2.53. The number of piperidine rings is 1. The van der Waals surface area contributed by atoms with Crippen molar-refractivity contribution in [2.45, 2.75) is 52.5 Å². The number of likely N-dealkylation sites (tertiary alicyclic amines) is 1. The Hall–Kier alpha value is -0.340. The molecule has 0 unspecified atom stereocenters. The third-order valence-electron chi connectivity index (χ3n) is 3.63. The molecule has 0 aromatic heterocycles. The van der Waals surface area contributed by atoms with Crippen LogP contribution >= 0.6 is 0 Å². The topological polar surface area (TPSA) is 15.3 Å². The van der Waals surface area contributed by atoms with Crippen molar-refractivity contribution >= 4 is 0 Å². The van der Waals surface area contributed by atoms with Gasteiger partial charge in [0.15, 0.2) is 0 Å². The summed E-state index contributed by atoms with van der Waals surface area (Å²) >= 11 is 0. The molecule has 1 fully saturated rings. The molecule has 0 saturated carbocycles. The van der Waals surface area contributed by atoms with Gasteiger partial charge < -0.3 is 10.2 Å². The smallest absolute Gasteiger partial charge is 0.00418 e. The van der Waals surface area contributed by atoms with E-state index in [1.807, 2.05) is 0 Å². The standard InChI is InChI=1S/C15H30N2/c1-13(2)7-5-8-14(3)16-11-15-9-6-10-17(4)12-15/h7,14-16H,5-6,8-12H2,1-4H3/t14-,15+/m0/s1. The second-order valence-electron chi connectivity index (χ2n) is 5.94. The second kappa shape index (κ2) is 7.88. The van der Waals surface area contributed by atoms with Crippen LogP contribution in [0.3, 0.4) is 0 Å². The van der Waals surface area contributed by atoms with Crippen LogP contribution in [0, 0.1) is 5.92 Å². The van der Waals surface area contributed by atoms with E-state index in [9.17, 15) is 0 Å². The van der Waals surface area contributed by atoms with Crippen LogP contribution in [0.4, 0.5) is 0 Å². The first-order valence-corrected chi connectivity index (χ1v) is 7.13. The number of nitrogens with one attached hydrogen (secondary N) is 1. The molecule has 100 valence electrons. The lowest BCUT2D eigenvalue weighted by molar-refractivity contribution is 0.203. The monoisotopic (exact) mass is 238 g/mol. The molecule has 0 amide bonds. The molecule has 2 atom stereocenters. The lowest BCUT2D eigenvalue weighted by atomic mass is 9.98. The fraction of sp³-hybridized carbons (Fsp3) is 0.867. The number of allylic oxidation sites excluding steroid dienone is 2. The maximum Gasteiger partial charge on any atom is 0.00418 e. The molecule has 2 heteroatoms. The van der Waals surface area contributed by atoms with Gasteiger partial charge in [0.25, 0.3) is 0 Å². The average Bonchev–Trinajstić information content (AvgIpc) is 2.26. The molecule has 0 aromatic rings. The van der Waals surface area contributed by atoms with Gasteiger partial charge in [0.2, 0.25) is 0 Å². The van der Waals surface area contributed by atoms with Crippen molar-refractivity contribution in [3.63, 3.8) is 0 Å². The highest BCUT2D eigenvalue weighted by atomic mass is 15.1. The summed E-state index contributed by atoms with van der Waals surface area (Å²) in [5.41, 5.74) is 1.44. The zero-order valence-electron chi connectivity index (χ0n) is 12.1. The van der Waals surface area contributed by atoms with Crippen molar-refractivity contribution in [3.05, 3.63) is 11.6 Å². The Kier molecular flexibility index (Phi) is 6.83. The Balaban J connectivity index is 2.10. The van der Waals surface area contributed by atoms with Gasteiger partial charge >= 0.3 is 0 Å². The summed E-state index contributed by atoms with van der Waals surface area (Å²) < 4.78 is 0. The molecule has 1 saturated heterocycles. The highest BCUT2D eigenvalue weighted by Crippen LogP contribution is 2.14. The van der Waals surface area contributed by atoms with E-state index in [4.69, 9.17) is 0 Å². The van der Waals surface area contributed by atoms with E-state index in [1.165, 1.54) is 50.9 Å². The van der Waals surface area contributed by atoms with E-state index in [1.54, 1.807) is 0 Å². The van der Waals surface area contributed by atoms with E-state index < -0.39 is 0 Å². The first kappa shape index (κ1) is 14.7. The average molecular weight is 238 g/mol. The Bertz CT molecular complexity index is 231. The summed E-state index contributed by atoms with van der Waals surface area (Å²) in [5.74, 6) is 0.861. The first-order valence-electron chi connectivity index (χ1n) is 7.13. The van der Waals surface area contributed by atoms with Crippen LogP contribution in [0.15, 0.2) is 11.6 Å². The molecule has 0 spiro atoms. The highest BCUT2D eigenvalue weighted by Gasteiger charge is 2.17. The fourth-order valence-electron chi connectivity index (χ4n) is 2.53. The molecule has 1 aliphatic heterocycles. The van der Waals surface area contributed by atoms with Crippen LogP contribution in [-0.2, 0) is 0 Å². The third kappa shape index (κ3) is 6.85. The second-order valence-corrected chi connectivity index (χ2v) is 5.94. The number of hydrogen-bond donors (Lipinski definition) is 1. The molecule has 0 aromatic carbocycles. The molecule has 0 aliphatic carbocycles. The zero-order chi connectivity index (χ0) is 12.7. The van der Waals surface area contributed by atoms with E-state index in [-0.39, 0.29) is 0 Å². The lowest BCUT2D eigenvalue weighted by Crippen LogP contribution is -2.39. The molecule has 0 radical (unpaired) electrons. The van der Waals surface area contributed by atoms with Gasteiger partial charge in [-0.05, 0) is 72.5 Å². The van der Waals surface area contributed by atoms with Crippen LogP contribution < -0.4 is 5.32 Å².